The van der Waals surface area contributed by atoms with Crippen molar-refractivity contribution in [1.82, 2.24) is 19.7 Å². The molecule has 0 aromatic carbocycles. The molecule has 0 spiro atoms. The first-order valence-electron chi connectivity index (χ1n) is 22.3. The zero-order chi connectivity index (χ0) is 51.8. The molecule has 1 unspecified atom stereocenters. The van der Waals surface area contributed by atoms with Gasteiger partial charge in [0.15, 0.2) is 0 Å². The number of carbonyl (C=O) groups excluding carboxylic acids is 2. The molecule has 2 heterocycles. The molecule has 2 amide bonds. The van der Waals surface area contributed by atoms with Crippen molar-refractivity contribution in [3.05, 3.63) is 82.8 Å². The average molecular weight is 986 g/mol. The van der Waals surface area contributed by atoms with E-state index in [2.05, 4.69) is 99.8 Å². The average Bonchev–Trinajstić information content (AvgIpc) is 3.85. The summed E-state index contributed by atoms with van der Waals surface area (Å²) in [6.07, 6.45) is 12.7. The van der Waals surface area contributed by atoms with Gasteiger partial charge in [-0.3, -0.25) is 14.4 Å². The summed E-state index contributed by atoms with van der Waals surface area (Å²) in [6, 6.07) is 1.91. The van der Waals surface area contributed by atoms with Gasteiger partial charge in [-0.2, -0.15) is 0 Å². The molecule has 14 nitrogen and oxygen atoms in total. The number of likely N-dealkylation sites (tertiary alicyclic amines) is 1. The number of amides is 2. The van der Waals surface area contributed by atoms with Crippen LogP contribution in [0.1, 0.15) is 111 Å². The van der Waals surface area contributed by atoms with Crippen LogP contribution in [0.25, 0.3) is 12.2 Å². The maximum absolute atomic E-state index is 12.9. The largest absolute Gasteiger partial charge is 0.483 e. The molecular weight excluding hydrogens is 892 g/mol. The number of allylic oxidation sites excluding steroid dienone is 7. The highest BCUT2D eigenvalue weighted by molar-refractivity contribution is 9.08. The van der Waals surface area contributed by atoms with Crippen molar-refractivity contribution < 1.29 is 38.8 Å². The summed E-state index contributed by atoms with van der Waals surface area (Å²) in [4.78, 5) is 41.0. The molecule has 1 atom stereocenters. The lowest BCUT2D eigenvalue weighted by atomic mass is 10.0. The summed E-state index contributed by atoms with van der Waals surface area (Å²) in [6.45, 7) is 35.6. The number of aliphatic hydroxyl groups excluding tert-OH is 1. The van der Waals surface area contributed by atoms with Gasteiger partial charge in [0.1, 0.15) is 5.69 Å². The summed E-state index contributed by atoms with van der Waals surface area (Å²) in [5.41, 5.74) is 12.7. The maximum Gasteiger partial charge on any atom is 0.290 e. The van der Waals surface area contributed by atoms with Crippen LogP contribution < -0.4 is 5.73 Å². The number of nitrogens with two attached hydrogens (primary N) is 1. The topological polar surface area (TPSA) is 195 Å². The molecule has 2 aliphatic rings. The minimum absolute atomic E-state index is 0.0240. The highest BCUT2D eigenvalue weighted by atomic mass is 79.9. The second-order valence-electron chi connectivity index (χ2n) is 13.9. The molecule has 1 aliphatic carbocycles. The van der Waals surface area contributed by atoms with Gasteiger partial charge in [-0.25, -0.2) is 0 Å². The fourth-order valence-corrected chi connectivity index (χ4v) is 4.40. The van der Waals surface area contributed by atoms with Crippen molar-refractivity contribution in [3.8, 4) is 0 Å². The third-order valence-electron chi connectivity index (χ3n) is 8.61. The Kier molecular flexibility index (Phi) is 58.8. The number of carbonyl (C=O) groups is 3. The van der Waals surface area contributed by atoms with Crippen molar-refractivity contribution >= 4 is 52.1 Å². The van der Waals surface area contributed by atoms with Crippen LogP contribution in [-0.2, 0) is 23.8 Å². The van der Waals surface area contributed by atoms with Gasteiger partial charge in [-0.1, -0.05) is 113 Å². The van der Waals surface area contributed by atoms with Gasteiger partial charge in [-0.15, -0.1) is 0 Å². The molecule has 6 N–H and O–H groups in total. The predicted octanol–water partition coefficient (Wildman–Crippen LogP) is 9.39. The van der Waals surface area contributed by atoms with E-state index in [9.17, 15) is 9.59 Å². The lowest BCUT2D eigenvalue weighted by molar-refractivity contribution is -0.123. The zero-order valence-corrected chi connectivity index (χ0v) is 45.0. The van der Waals surface area contributed by atoms with E-state index >= 15 is 0 Å². The second-order valence-corrected chi connectivity index (χ2v) is 13.9. The normalized spacial score (nSPS) is 13.7. The minimum Gasteiger partial charge on any atom is -0.483 e. The molecule has 0 bridgehead atoms. The van der Waals surface area contributed by atoms with Crippen LogP contribution in [0.2, 0.25) is 0 Å². The van der Waals surface area contributed by atoms with Gasteiger partial charge in [0, 0.05) is 36.5 Å². The first-order valence-corrected chi connectivity index (χ1v) is 23.9. The number of halogens is 1. The summed E-state index contributed by atoms with van der Waals surface area (Å²) >= 11 is 2.94. The Labute approximate surface area is 404 Å². The molecule has 3 rings (SSSR count). The quantitative estimate of drug-likeness (QED) is 0.0330. The number of aromatic amines is 1. The lowest BCUT2D eigenvalue weighted by Crippen LogP contribution is -2.28. The first-order chi connectivity index (χ1) is 30.9. The highest BCUT2D eigenvalue weighted by Gasteiger charge is 2.30. The van der Waals surface area contributed by atoms with Gasteiger partial charge >= 0.3 is 0 Å². The third kappa shape index (κ3) is 43.7. The van der Waals surface area contributed by atoms with Crippen molar-refractivity contribution in [2.24, 2.45) is 11.7 Å². The fraction of sp³-hybridized carbons (Fsp3) is 0.600. The van der Waals surface area contributed by atoms with Gasteiger partial charge in [0.2, 0.25) is 5.91 Å². The van der Waals surface area contributed by atoms with E-state index in [-0.39, 0.29) is 31.3 Å². The van der Waals surface area contributed by atoms with Crippen LogP contribution in [0.4, 0.5) is 0 Å². The Morgan fingerprint density at radius 3 is 1.77 bits per heavy atom. The molecule has 1 fully saturated rings. The van der Waals surface area contributed by atoms with E-state index in [1.807, 2.05) is 94.8 Å². The van der Waals surface area contributed by atoms with Gasteiger partial charge in [0.05, 0.1) is 46.2 Å². The van der Waals surface area contributed by atoms with Gasteiger partial charge in [-0.05, 0) is 117 Å². The lowest BCUT2D eigenvalue weighted by Gasteiger charge is -2.14. The molecule has 378 valence electrons. The van der Waals surface area contributed by atoms with Crippen LogP contribution in [0.3, 0.4) is 0 Å². The number of primary amides is 1. The van der Waals surface area contributed by atoms with Crippen molar-refractivity contribution in [2.45, 2.75) is 89.0 Å². The van der Waals surface area contributed by atoms with Crippen LogP contribution in [0, 0.1) is 11.3 Å². The summed E-state index contributed by atoms with van der Waals surface area (Å²) in [5, 5.41) is 23.1. The smallest absolute Gasteiger partial charge is 0.290 e. The Hall–Kier alpha value is -3.96. The predicted molar refractivity (Wildman–Crippen MR) is 281 cm³/mol. The van der Waals surface area contributed by atoms with Crippen LogP contribution in [0.5, 0.6) is 0 Å². The molecule has 0 saturated carbocycles. The molecule has 1 aromatic rings. The number of fused-ring (bicyclic) bond motifs is 1. The number of alkyl halides is 1. The Morgan fingerprint density at radius 1 is 0.938 bits per heavy atom. The van der Waals surface area contributed by atoms with Crippen molar-refractivity contribution in [3.63, 3.8) is 0 Å². The van der Waals surface area contributed by atoms with E-state index in [0.29, 0.717) is 63.5 Å². The monoisotopic (exact) mass is 985 g/mol. The number of ether oxygens (including phenoxy) is 3. The molecule has 0 radical (unpaired) electrons. The van der Waals surface area contributed by atoms with E-state index in [0.717, 1.165) is 42.9 Å². The number of carboxylic acid groups (broad SMARTS) is 1. The van der Waals surface area contributed by atoms with E-state index in [1.54, 1.807) is 6.92 Å². The van der Waals surface area contributed by atoms with Crippen LogP contribution in [0.15, 0.2) is 65.8 Å². The third-order valence-corrected chi connectivity index (χ3v) is 8.61. The molecule has 1 aliphatic heterocycles. The van der Waals surface area contributed by atoms with E-state index in [4.69, 9.17) is 40.4 Å². The molecular formula is C50H93BrN6O8. The number of rotatable bonds is 17. The summed E-state index contributed by atoms with van der Waals surface area (Å²) in [5.74, 6) is 1.84. The van der Waals surface area contributed by atoms with E-state index < -0.39 is 0 Å². The number of aliphatic hydroxyl groups is 1. The molecule has 15 heteroatoms. The number of H-pyrrole nitrogens is 1. The summed E-state index contributed by atoms with van der Waals surface area (Å²) < 4.78 is 15.2. The number of hydrogen-bond acceptors (Lipinski definition) is 10. The fourth-order valence-electron chi connectivity index (χ4n) is 4.40. The Morgan fingerprint density at radius 2 is 1.40 bits per heavy atom. The van der Waals surface area contributed by atoms with Crippen LogP contribution in [-0.4, -0.2) is 160 Å². The molecule has 65 heavy (non-hydrogen) atoms. The van der Waals surface area contributed by atoms with E-state index in [1.165, 1.54) is 16.7 Å². The number of aromatic nitrogens is 1. The zero-order valence-electron chi connectivity index (χ0n) is 43.4. The van der Waals surface area contributed by atoms with Gasteiger partial charge in [0.25, 0.3) is 12.4 Å². The minimum atomic E-state index is -0.367. The number of hydrogen-bond donors (Lipinski definition) is 5. The summed E-state index contributed by atoms with van der Waals surface area (Å²) in [7, 11) is 8.22. The highest BCUT2D eigenvalue weighted by Crippen LogP contribution is 2.28. The number of nitrogens with zero attached hydrogens (tertiary/aromatic N) is 3. The molecule has 1 aromatic heterocycles. The van der Waals surface area contributed by atoms with Gasteiger partial charge < -0.3 is 55.3 Å². The Bertz CT molecular complexity index is 1480. The number of nitrogens with one attached hydrogen (secondary N) is 2. The SMILES string of the molecule is C=C/C(C)=C/C.C=C/C(C)=C1/CN(C(=O)c2cc3c([nH]2)C=CCC(C(C)=N)=C3)CC1C.CBr.CC.CC.CCN(C)C.CCN(C)C.NC(=O)CCOCCOCCOCCO.O=CO. The molecule has 1 saturated heterocycles. The van der Waals surface area contributed by atoms with Crippen molar-refractivity contribution in [1.29, 1.82) is 5.41 Å². The standard InChI is InChI=1S/C21H25N3O.C9H19NO5.C6H10.2C4H11N.2C2H6.CH3Br.CH2O2/c1-5-13(2)18-12-24(11-14(18)3)21(25)20-10-17-9-16(15(4)22)7-6-8-19(17)23-20;10-9(12)1-3-13-5-7-15-8-6-14-4-2-11;1-4-6(3)5-2;2*1-4-5(2)3;3*1-2;2-1-3/h5-6,8-10,14,22-23H,1,7,11-12H2,2-4H3;11H,1-8H2,(H2,10,12);4-5H,1H2,2-3H3;2*4H2,1-3H3;2*1-2H3;1H3;1H,(H,2,3)/b18-13-,22-15?;;6-5+;;;;;;. The van der Waals surface area contributed by atoms with Crippen molar-refractivity contribution in [2.75, 3.05) is 106 Å². The Balaban J connectivity index is -0.000000185. The first kappa shape index (κ1) is 72.6. The second kappa shape index (κ2) is 52.7. The van der Waals surface area contributed by atoms with Crippen LogP contribution >= 0.6 is 15.9 Å². The maximum atomic E-state index is 12.9.